The molecule has 0 aliphatic carbocycles. The zero-order chi connectivity index (χ0) is 25.5. The smallest absolute Gasteiger partial charge is 0.250 e. The van der Waals surface area contributed by atoms with Gasteiger partial charge in [0, 0.05) is 34.4 Å². The number of aromatic nitrogens is 1. The summed E-state index contributed by atoms with van der Waals surface area (Å²) in [5.74, 6) is -3.36. The van der Waals surface area contributed by atoms with Crippen LogP contribution >= 0.6 is 0 Å². The van der Waals surface area contributed by atoms with Crippen molar-refractivity contribution in [3.05, 3.63) is 95.4 Å². The fourth-order valence-corrected chi connectivity index (χ4v) is 6.53. The summed E-state index contributed by atoms with van der Waals surface area (Å²) in [5.41, 5.74) is 3.12. The van der Waals surface area contributed by atoms with Gasteiger partial charge < -0.3 is 10.3 Å². The minimum Gasteiger partial charge on any atom is -0.361 e. The highest BCUT2D eigenvalue weighted by atomic mass is 19.1. The molecule has 1 aromatic heterocycles. The van der Waals surface area contributed by atoms with Crippen molar-refractivity contribution in [2.24, 2.45) is 11.8 Å². The van der Waals surface area contributed by atoms with Gasteiger partial charge in [0.05, 0.1) is 17.5 Å². The molecule has 0 radical (unpaired) electrons. The van der Waals surface area contributed by atoms with Gasteiger partial charge in [-0.05, 0) is 54.8 Å². The van der Waals surface area contributed by atoms with Gasteiger partial charge in [-0.3, -0.25) is 19.7 Å². The van der Waals surface area contributed by atoms with Crippen molar-refractivity contribution >= 4 is 40.0 Å². The number of nitrogens with zero attached hydrogens (tertiary/aromatic N) is 1. The third-order valence-electron chi connectivity index (χ3n) is 8.16. The molecule has 0 unspecified atom stereocenters. The van der Waals surface area contributed by atoms with E-state index in [1.807, 2.05) is 55.6 Å². The summed E-state index contributed by atoms with van der Waals surface area (Å²) in [6, 6.07) is 18.3. The lowest BCUT2D eigenvalue weighted by Crippen LogP contribution is -2.53. The quantitative estimate of drug-likeness (QED) is 0.378. The molecule has 3 aliphatic heterocycles. The Hall–Kier alpha value is -4.30. The van der Waals surface area contributed by atoms with Gasteiger partial charge in [0.2, 0.25) is 17.7 Å². The van der Waals surface area contributed by atoms with Crippen LogP contribution in [0.15, 0.2) is 72.9 Å². The molecule has 7 nitrogen and oxygen atoms in total. The van der Waals surface area contributed by atoms with E-state index in [4.69, 9.17) is 0 Å². The maximum atomic E-state index is 14.0. The molecule has 3 amide bonds. The first-order chi connectivity index (χ1) is 17.9. The fraction of sp³-hybridized carbons (Fsp3) is 0.207. The van der Waals surface area contributed by atoms with Crippen LogP contribution in [0.2, 0.25) is 0 Å². The van der Waals surface area contributed by atoms with Crippen LogP contribution < -0.4 is 15.5 Å². The summed E-state index contributed by atoms with van der Waals surface area (Å²) in [4.78, 5) is 46.1. The second kappa shape index (κ2) is 7.60. The van der Waals surface area contributed by atoms with Gasteiger partial charge in [0.25, 0.3) is 0 Å². The first kappa shape index (κ1) is 21.9. The average molecular weight is 495 g/mol. The molecule has 3 aromatic carbocycles. The normalized spacial score (nSPS) is 26.3. The van der Waals surface area contributed by atoms with Crippen molar-refractivity contribution in [3.8, 4) is 0 Å². The van der Waals surface area contributed by atoms with E-state index in [1.54, 1.807) is 0 Å². The van der Waals surface area contributed by atoms with E-state index in [-0.39, 0.29) is 11.8 Å². The Morgan fingerprint density at radius 1 is 0.946 bits per heavy atom. The van der Waals surface area contributed by atoms with E-state index < -0.39 is 35.1 Å². The molecular weight excluding hydrogens is 471 g/mol. The lowest BCUT2D eigenvalue weighted by Gasteiger charge is -2.29. The second-order valence-electron chi connectivity index (χ2n) is 10.1. The van der Waals surface area contributed by atoms with Crippen molar-refractivity contribution < 1.29 is 18.8 Å². The number of rotatable bonds is 3. The lowest BCUT2D eigenvalue weighted by molar-refractivity contribution is -0.130. The standard InChI is InChI=1S/C29H23FN4O3/c1-15-5-4-7-20-25(15)32-28(37)29(20)24-23(26(35)34(27(24)36)18-11-9-17(30)10-12-18)22(33-29)13-16-14-31-21-8-3-2-6-19(16)21/h2-12,14,22-24,31,33H,13H2,1H3,(H,32,37)/t22-,23+,24-,29+/m0/s1. The Kier molecular flexibility index (Phi) is 4.51. The van der Waals surface area contributed by atoms with Crippen LogP contribution in [0.4, 0.5) is 15.8 Å². The number of carbonyl (C=O) groups is 3. The zero-order valence-corrected chi connectivity index (χ0v) is 19.9. The van der Waals surface area contributed by atoms with E-state index >= 15 is 0 Å². The summed E-state index contributed by atoms with van der Waals surface area (Å²) in [6.07, 6.45) is 2.36. The topological polar surface area (TPSA) is 94.3 Å². The van der Waals surface area contributed by atoms with E-state index in [0.717, 1.165) is 26.9 Å². The number of carbonyl (C=O) groups excluding carboxylic acids is 3. The Morgan fingerprint density at radius 2 is 1.73 bits per heavy atom. The number of nitrogens with one attached hydrogen (secondary N) is 3. The Balaban J connectivity index is 1.39. The second-order valence-corrected chi connectivity index (χ2v) is 10.1. The predicted octanol–water partition coefficient (Wildman–Crippen LogP) is 3.78. The maximum Gasteiger partial charge on any atom is 0.250 e. The van der Waals surface area contributed by atoms with Gasteiger partial charge in [-0.2, -0.15) is 0 Å². The monoisotopic (exact) mass is 494 g/mol. The van der Waals surface area contributed by atoms with E-state index in [0.29, 0.717) is 23.4 Å². The van der Waals surface area contributed by atoms with E-state index in [9.17, 15) is 18.8 Å². The molecule has 184 valence electrons. The summed E-state index contributed by atoms with van der Waals surface area (Å²) < 4.78 is 13.6. The van der Waals surface area contributed by atoms with Gasteiger partial charge in [0.15, 0.2) is 0 Å². The summed E-state index contributed by atoms with van der Waals surface area (Å²) in [5, 5.41) is 7.50. The molecule has 8 heteroatoms. The number of fused-ring (bicyclic) bond motifs is 5. The Morgan fingerprint density at radius 3 is 2.54 bits per heavy atom. The van der Waals surface area contributed by atoms with Crippen molar-refractivity contribution in [3.63, 3.8) is 0 Å². The fourth-order valence-electron chi connectivity index (χ4n) is 6.53. The number of hydrogen-bond acceptors (Lipinski definition) is 4. The minimum atomic E-state index is -1.38. The highest BCUT2D eigenvalue weighted by molar-refractivity contribution is 6.26. The molecule has 3 aliphatic rings. The van der Waals surface area contributed by atoms with Crippen LogP contribution in [-0.4, -0.2) is 28.7 Å². The van der Waals surface area contributed by atoms with Gasteiger partial charge in [0.1, 0.15) is 11.4 Å². The first-order valence-electron chi connectivity index (χ1n) is 12.3. The number of benzene rings is 3. The number of anilines is 2. The van der Waals surface area contributed by atoms with Crippen LogP contribution in [0.5, 0.6) is 0 Å². The van der Waals surface area contributed by atoms with Gasteiger partial charge in [-0.25, -0.2) is 9.29 Å². The van der Waals surface area contributed by atoms with Crippen molar-refractivity contribution in [2.75, 3.05) is 10.2 Å². The molecule has 2 saturated heterocycles. The molecule has 4 aromatic rings. The highest BCUT2D eigenvalue weighted by Gasteiger charge is 2.70. The molecule has 7 rings (SSSR count). The number of aryl methyl sites for hydroxylation is 1. The summed E-state index contributed by atoms with van der Waals surface area (Å²) >= 11 is 0. The summed E-state index contributed by atoms with van der Waals surface area (Å²) in [7, 11) is 0. The van der Waals surface area contributed by atoms with Crippen LogP contribution in [-0.2, 0) is 26.3 Å². The summed E-state index contributed by atoms with van der Waals surface area (Å²) in [6.45, 7) is 1.90. The predicted molar refractivity (Wildman–Crippen MR) is 136 cm³/mol. The Bertz CT molecular complexity index is 1630. The molecule has 2 fully saturated rings. The number of H-pyrrole nitrogens is 1. The van der Waals surface area contributed by atoms with Crippen LogP contribution in [0.3, 0.4) is 0 Å². The van der Waals surface area contributed by atoms with Crippen molar-refractivity contribution in [2.45, 2.75) is 24.9 Å². The molecule has 0 saturated carbocycles. The molecule has 4 heterocycles. The molecule has 0 bridgehead atoms. The number of imide groups is 1. The maximum absolute atomic E-state index is 14.0. The van der Waals surface area contributed by atoms with E-state index in [2.05, 4.69) is 15.6 Å². The highest BCUT2D eigenvalue weighted by Crippen LogP contribution is 2.54. The van der Waals surface area contributed by atoms with Crippen LogP contribution in [0.1, 0.15) is 16.7 Å². The Labute approximate surface area is 211 Å². The van der Waals surface area contributed by atoms with Crippen LogP contribution in [0.25, 0.3) is 10.9 Å². The largest absolute Gasteiger partial charge is 0.361 e. The van der Waals surface area contributed by atoms with Crippen LogP contribution in [0, 0.1) is 24.6 Å². The average Bonchev–Trinajstić information content (AvgIpc) is 3.60. The first-order valence-corrected chi connectivity index (χ1v) is 12.3. The number of para-hydroxylation sites is 2. The van der Waals surface area contributed by atoms with Gasteiger partial charge >= 0.3 is 0 Å². The third-order valence-corrected chi connectivity index (χ3v) is 8.16. The van der Waals surface area contributed by atoms with Crippen molar-refractivity contribution in [1.82, 2.24) is 10.3 Å². The molecular formula is C29H23FN4O3. The molecule has 37 heavy (non-hydrogen) atoms. The van der Waals surface area contributed by atoms with Gasteiger partial charge in [-0.15, -0.1) is 0 Å². The zero-order valence-electron chi connectivity index (χ0n) is 19.9. The SMILES string of the molecule is Cc1cccc2c1NC(=O)[C@@]21N[C@@H](Cc2c[nH]c3ccccc23)[C@H]2C(=O)N(c3ccc(F)cc3)C(=O)[C@H]21. The molecule has 1 spiro atoms. The number of halogens is 1. The lowest BCUT2D eigenvalue weighted by atomic mass is 9.76. The molecule has 4 atom stereocenters. The molecule has 3 N–H and O–H groups in total. The van der Waals surface area contributed by atoms with Gasteiger partial charge in [-0.1, -0.05) is 36.4 Å². The minimum absolute atomic E-state index is 0.301. The number of amides is 3. The number of aromatic amines is 1. The van der Waals surface area contributed by atoms with E-state index in [1.165, 1.54) is 24.3 Å². The third kappa shape index (κ3) is 2.87. The number of hydrogen-bond donors (Lipinski definition) is 3. The van der Waals surface area contributed by atoms with Crippen molar-refractivity contribution in [1.29, 1.82) is 0 Å².